The summed E-state index contributed by atoms with van der Waals surface area (Å²) in [7, 11) is 0. The van der Waals surface area contributed by atoms with Gasteiger partial charge in [-0.2, -0.15) is 18.4 Å². The second-order valence-corrected chi connectivity index (χ2v) is 11.7. The predicted molar refractivity (Wildman–Crippen MR) is 133 cm³/mol. The van der Waals surface area contributed by atoms with Gasteiger partial charge in [0.2, 0.25) is 6.41 Å². The minimum atomic E-state index is -4.40. The van der Waals surface area contributed by atoms with Crippen LogP contribution in [-0.2, 0) is 11.0 Å². The Bertz CT molecular complexity index is 1060. The van der Waals surface area contributed by atoms with Crippen LogP contribution in [0.15, 0.2) is 23.3 Å². The number of nitriles is 1. The summed E-state index contributed by atoms with van der Waals surface area (Å²) in [5, 5.41) is 15.6. The highest BCUT2D eigenvalue weighted by Crippen LogP contribution is 2.56. The molecule has 8 nitrogen and oxygen atoms in total. The SMILES string of the molecule is CC(C)(C(=NC1C2CC3CC1CC(NC=O)(C3)C2)NC#N)N1CCN(c2ccc(C(F)(F)F)cn2)CC1. The Morgan fingerprint density at radius 2 is 1.84 bits per heavy atom. The predicted octanol–water partition coefficient (Wildman–Crippen LogP) is 3.16. The van der Waals surface area contributed by atoms with Gasteiger partial charge in [0.25, 0.3) is 0 Å². The number of piperazine rings is 1. The van der Waals surface area contributed by atoms with E-state index in [9.17, 15) is 23.2 Å². The first kappa shape index (κ1) is 25.8. The lowest BCUT2D eigenvalue weighted by atomic mass is 9.51. The van der Waals surface area contributed by atoms with Gasteiger partial charge in [0, 0.05) is 37.9 Å². The number of nitrogens with one attached hydrogen (secondary N) is 2. The Kier molecular flexibility index (Phi) is 6.59. The first-order valence-corrected chi connectivity index (χ1v) is 13.0. The van der Waals surface area contributed by atoms with E-state index < -0.39 is 17.3 Å². The Balaban J connectivity index is 1.28. The highest BCUT2D eigenvalue weighted by Gasteiger charge is 2.55. The molecule has 0 spiro atoms. The largest absolute Gasteiger partial charge is 0.417 e. The second-order valence-electron chi connectivity index (χ2n) is 11.7. The second kappa shape index (κ2) is 9.46. The Morgan fingerprint density at radius 3 is 2.38 bits per heavy atom. The highest BCUT2D eigenvalue weighted by molar-refractivity contribution is 5.92. The van der Waals surface area contributed by atoms with Crippen molar-refractivity contribution in [1.29, 1.82) is 5.26 Å². The number of aliphatic imine (C=N–C) groups is 1. The molecule has 4 saturated carbocycles. The molecule has 1 aromatic rings. The van der Waals surface area contributed by atoms with Gasteiger partial charge in [-0.05, 0) is 75.8 Å². The number of halogens is 3. The maximum Gasteiger partial charge on any atom is 0.417 e. The van der Waals surface area contributed by atoms with Crippen LogP contribution in [0.4, 0.5) is 19.0 Å². The van der Waals surface area contributed by atoms with Crippen molar-refractivity contribution in [1.82, 2.24) is 20.5 Å². The summed E-state index contributed by atoms with van der Waals surface area (Å²) in [6.07, 6.45) is 4.58. The lowest BCUT2D eigenvalue weighted by Gasteiger charge is -2.59. The van der Waals surface area contributed by atoms with Gasteiger partial charge in [-0.25, -0.2) is 4.98 Å². The van der Waals surface area contributed by atoms with Gasteiger partial charge in [-0.15, -0.1) is 0 Å². The first-order valence-electron chi connectivity index (χ1n) is 13.0. The molecule has 11 heteroatoms. The van der Waals surface area contributed by atoms with E-state index in [1.807, 2.05) is 4.90 Å². The van der Waals surface area contributed by atoms with Crippen LogP contribution >= 0.6 is 0 Å². The highest BCUT2D eigenvalue weighted by atomic mass is 19.4. The minimum Gasteiger partial charge on any atom is -0.354 e. The third-order valence-corrected chi connectivity index (χ3v) is 9.09. The van der Waals surface area contributed by atoms with Gasteiger partial charge in [0.05, 0.1) is 17.1 Å². The summed E-state index contributed by atoms with van der Waals surface area (Å²) in [5.41, 5.74) is -1.37. The van der Waals surface area contributed by atoms with Crippen molar-refractivity contribution in [2.24, 2.45) is 22.7 Å². The molecule has 4 aliphatic carbocycles. The van der Waals surface area contributed by atoms with Crippen LogP contribution in [-0.4, -0.2) is 65.4 Å². The van der Waals surface area contributed by atoms with Crippen LogP contribution in [0.2, 0.25) is 0 Å². The number of carbonyl (C=O) groups is 1. The fraction of sp³-hybridized carbons (Fsp3) is 0.692. The average molecular weight is 518 g/mol. The monoisotopic (exact) mass is 517 g/mol. The number of hydrogen-bond donors (Lipinski definition) is 2. The number of hydrogen-bond acceptors (Lipinski definition) is 6. The van der Waals surface area contributed by atoms with Gasteiger partial charge < -0.3 is 10.2 Å². The van der Waals surface area contributed by atoms with E-state index in [4.69, 9.17) is 4.99 Å². The van der Waals surface area contributed by atoms with E-state index in [-0.39, 0.29) is 11.6 Å². The maximum atomic E-state index is 12.9. The number of alkyl halides is 3. The van der Waals surface area contributed by atoms with Crippen LogP contribution in [0, 0.1) is 29.2 Å². The van der Waals surface area contributed by atoms with Crippen LogP contribution in [0.5, 0.6) is 0 Å². The maximum absolute atomic E-state index is 12.9. The van der Waals surface area contributed by atoms with Crippen molar-refractivity contribution in [2.45, 2.75) is 69.2 Å². The van der Waals surface area contributed by atoms with Crippen LogP contribution in [0.1, 0.15) is 51.5 Å². The lowest BCUT2D eigenvalue weighted by molar-refractivity contribution is -0.137. The summed E-state index contributed by atoms with van der Waals surface area (Å²) >= 11 is 0. The first-order chi connectivity index (χ1) is 17.5. The molecule has 0 radical (unpaired) electrons. The summed E-state index contributed by atoms with van der Waals surface area (Å²) in [4.78, 5) is 24.8. The van der Waals surface area contributed by atoms with Crippen molar-refractivity contribution in [3.05, 3.63) is 23.9 Å². The molecule has 200 valence electrons. The quantitative estimate of drug-likeness (QED) is 0.198. The molecule has 1 amide bonds. The topological polar surface area (TPSA) is 96.6 Å². The third kappa shape index (κ3) is 4.88. The summed E-state index contributed by atoms with van der Waals surface area (Å²) in [5.74, 6) is 2.61. The molecule has 2 atom stereocenters. The van der Waals surface area contributed by atoms with Gasteiger partial charge in [0.15, 0.2) is 6.19 Å². The number of amides is 1. The number of nitrogens with zero attached hydrogens (tertiary/aromatic N) is 5. The van der Waals surface area contributed by atoms with Crippen molar-refractivity contribution in [2.75, 3.05) is 31.1 Å². The Hall–Kier alpha value is -2.87. The summed E-state index contributed by atoms with van der Waals surface area (Å²) in [6.45, 7) is 6.67. The zero-order valence-corrected chi connectivity index (χ0v) is 21.3. The molecule has 1 aromatic heterocycles. The number of carbonyl (C=O) groups excluding carboxylic acids is 1. The Labute approximate surface area is 215 Å². The Morgan fingerprint density at radius 1 is 1.16 bits per heavy atom. The van der Waals surface area contributed by atoms with Gasteiger partial charge in [0.1, 0.15) is 11.7 Å². The number of rotatable bonds is 6. The molecule has 2 unspecified atom stereocenters. The van der Waals surface area contributed by atoms with E-state index in [1.165, 1.54) is 6.07 Å². The standard InChI is InChI=1S/C26H34F3N7O/c1-24(2,36-7-5-35(6-8-36)21-4-3-20(14-31-21)26(27,28)29)23(32-15-30)34-22-18-9-17-10-19(22)13-25(11-17,12-18)33-16-37/h3-4,14,16-19,22H,5-13H2,1-2H3,(H,32,34)(H,33,37). The van der Waals surface area contributed by atoms with Crippen LogP contribution in [0.25, 0.3) is 0 Å². The van der Waals surface area contributed by atoms with Crippen molar-refractivity contribution in [3.63, 3.8) is 0 Å². The molecule has 6 rings (SSSR count). The van der Waals surface area contributed by atoms with Gasteiger partial charge >= 0.3 is 6.18 Å². The van der Waals surface area contributed by atoms with Gasteiger partial charge in [-0.1, -0.05) is 0 Å². The summed E-state index contributed by atoms with van der Waals surface area (Å²) < 4.78 is 38.6. The molecular formula is C26H34F3N7O. The molecule has 5 fully saturated rings. The molecule has 2 heterocycles. The molecule has 37 heavy (non-hydrogen) atoms. The molecule has 1 aliphatic heterocycles. The van der Waals surface area contributed by atoms with Crippen LogP contribution in [0.3, 0.4) is 0 Å². The average Bonchev–Trinajstić information content (AvgIpc) is 2.85. The lowest BCUT2D eigenvalue weighted by Crippen LogP contribution is -2.63. The minimum absolute atomic E-state index is 0.0920. The zero-order valence-electron chi connectivity index (χ0n) is 21.3. The molecule has 4 bridgehead atoms. The number of anilines is 1. The van der Waals surface area contributed by atoms with E-state index >= 15 is 0 Å². The molecule has 5 aliphatic rings. The number of aromatic nitrogens is 1. The normalized spacial score (nSPS) is 32.2. The van der Waals surface area contributed by atoms with E-state index in [0.717, 1.165) is 50.8 Å². The van der Waals surface area contributed by atoms with Crippen molar-refractivity contribution >= 4 is 18.1 Å². The molecule has 0 aromatic carbocycles. The molecule has 1 saturated heterocycles. The molecular weight excluding hydrogens is 483 g/mol. The third-order valence-electron chi connectivity index (χ3n) is 9.09. The summed E-state index contributed by atoms with van der Waals surface area (Å²) in [6, 6.07) is 2.62. The number of amidine groups is 1. The fourth-order valence-corrected chi connectivity index (χ4v) is 7.44. The zero-order chi connectivity index (χ0) is 26.4. The van der Waals surface area contributed by atoms with Gasteiger partial charge in [-0.3, -0.25) is 20.0 Å². The van der Waals surface area contributed by atoms with Crippen molar-refractivity contribution < 1.29 is 18.0 Å². The van der Waals surface area contributed by atoms with E-state index in [0.29, 0.717) is 55.6 Å². The molecule has 2 N–H and O–H groups in total. The van der Waals surface area contributed by atoms with Crippen LogP contribution < -0.4 is 15.5 Å². The number of pyridine rings is 1. The fourth-order valence-electron chi connectivity index (χ4n) is 7.44. The smallest absolute Gasteiger partial charge is 0.354 e. The van der Waals surface area contributed by atoms with Crippen molar-refractivity contribution in [3.8, 4) is 6.19 Å². The van der Waals surface area contributed by atoms with E-state index in [1.54, 1.807) is 0 Å². The van der Waals surface area contributed by atoms with E-state index in [2.05, 4.69) is 40.6 Å².